The fourth-order valence-electron chi connectivity index (χ4n) is 2.95. The summed E-state index contributed by atoms with van der Waals surface area (Å²) in [5, 5.41) is 12.2. The highest BCUT2D eigenvalue weighted by atomic mass is 16.5. The molecule has 30 heavy (non-hydrogen) atoms. The van der Waals surface area contributed by atoms with Gasteiger partial charge < -0.3 is 14.5 Å². The number of nitrogens with one attached hydrogen (secondary N) is 1. The lowest BCUT2D eigenvalue weighted by atomic mass is 10.1. The second kappa shape index (κ2) is 9.39. The molecule has 0 radical (unpaired) electrons. The predicted molar refractivity (Wildman–Crippen MR) is 112 cm³/mol. The topological polar surface area (TPSA) is 92.3 Å². The number of rotatable bonds is 6. The van der Waals surface area contributed by atoms with Crippen molar-refractivity contribution in [3.63, 3.8) is 0 Å². The summed E-state index contributed by atoms with van der Waals surface area (Å²) in [5.74, 6) is -0.228. The molecule has 0 saturated carbocycles. The van der Waals surface area contributed by atoms with Crippen LogP contribution in [0.25, 0.3) is 17.4 Å². The quantitative estimate of drug-likeness (QED) is 0.373. The van der Waals surface area contributed by atoms with Crippen LogP contribution >= 0.6 is 0 Å². The van der Waals surface area contributed by atoms with Crippen molar-refractivity contribution in [2.24, 2.45) is 0 Å². The molecular weight excluding hydrogens is 380 g/mol. The first-order valence-corrected chi connectivity index (χ1v) is 9.28. The molecule has 0 unspecified atom stereocenters. The Balaban J connectivity index is 1.82. The van der Waals surface area contributed by atoms with Crippen molar-refractivity contribution in [1.82, 2.24) is 5.32 Å². The van der Waals surface area contributed by atoms with E-state index < -0.39 is 11.9 Å². The summed E-state index contributed by atoms with van der Waals surface area (Å²) in [5.41, 5.74) is 1.77. The molecule has 1 aromatic heterocycles. The van der Waals surface area contributed by atoms with Gasteiger partial charge in [-0.1, -0.05) is 48.5 Å². The average Bonchev–Trinajstić information content (AvgIpc) is 3.25. The second-order valence-electron chi connectivity index (χ2n) is 6.51. The van der Waals surface area contributed by atoms with Gasteiger partial charge in [0.25, 0.3) is 5.91 Å². The lowest BCUT2D eigenvalue weighted by molar-refractivity contribution is -0.117. The first-order valence-electron chi connectivity index (χ1n) is 9.28. The minimum atomic E-state index is -0.498. The van der Waals surface area contributed by atoms with Crippen molar-refractivity contribution in [2.45, 2.75) is 13.0 Å². The van der Waals surface area contributed by atoms with Gasteiger partial charge >= 0.3 is 5.97 Å². The van der Waals surface area contributed by atoms with E-state index in [-0.39, 0.29) is 11.6 Å². The summed E-state index contributed by atoms with van der Waals surface area (Å²) in [4.78, 5) is 24.5. The predicted octanol–water partition coefficient (Wildman–Crippen LogP) is 4.52. The molecule has 0 aliphatic carbocycles. The Labute approximate surface area is 174 Å². The normalized spacial score (nSPS) is 12.0. The molecule has 0 saturated heterocycles. The average molecular weight is 400 g/mol. The van der Waals surface area contributed by atoms with Gasteiger partial charge in [0.15, 0.2) is 0 Å². The van der Waals surface area contributed by atoms with Crippen LogP contribution in [0.4, 0.5) is 0 Å². The molecule has 150 valence electrons. The molecule has 0 aliphatic heterocycles. The molecule has 1 atom stereocenters. The van der Waals surface area contributed by atoms with Gasteiger partial charge in [-0.2, -0.15) is 5.26 Å². The monoisotopic (exact) mass is 400 g/mol. The maximum Gasteiger partial charge on any atom is 0.338 e. The summed E-state index contributed by atoms with van der Waals surface area (Å²) in [6.07, 6.45) is 1.37. The molecule has 3 rings (SSSR count). The lowest BCUT2D eigenvalue weighted by Gasteiger charge is -2.13. The third-order valence-corrected chi connectivity index (χ3v) is 4.52. The maximum absolute atomic E-state index is 12.5. The Morgan fingerprint density at radius 3 is 2.47 bits per heavy atom. The molecule has 1 N–H and O–H groups in total. The standard InChI is InChI=1S/C24H20N2O4/c1-16(17-8-4-3-5-9-17)26-23(27)18(15-25)14-19-12-13-22(30-19)20-10-6-7-11-21(20)24(28)29-2/h3-14,16H,1-2H3,(H,26,27)/b18-14-/t16-/m1/s1. The fraction of sp³-hybridized carbons (Fsp3) is 0.125. The van der Waals surface area contributed by atoms with Crippen LogP contribution in [-0.4, -0.2) is 19.0 Å². The van der Waals surface area contributed by atoms with Crippen molar-refractivity contribution in [1.29, 1.82) is 5.26 Å². The number of methoxy groups -OCH3 is 1. The molecule has 2 aromatic carbocycles. The Morgan fingerprint density at radius 1 is 1.07 bits per heavy atom. The first kappa shape index (κ1) is 20.6. The van der Waals surface area contributed by atoms with E-state index >= 15 is 0 Å². The van der Waals surface area contributed by atoms with Gasteiger partial charge in [-0.05, 0) is 30.7 Å². The SMILES string of the molecule is COC(=O)c1ccccc1-c1ccc(/C=C(/C#N)C(=O)N[C@H](C)c2ccccc2)o1. The van der Waals surface area contributed by atoms with Crippen molar-refractivity contribution in [3.05, 3.63) is 89.2 Å². The van der Waals surface area contributed by atoms with Crippen LogP contribution in [0.15, 0.2) is 76.7 Å². The zero-order valence-corrected chi connectivity index (χ0v) is 16.6. The third-order valence-electron chi connectivity index (χ3n) is 4.52. The molecule has 0 aliphatic rings. The number of nitrogens with zero attached hydrogens (tertiary/aromatic N) is 1. The highest BCUT2D eigenvalue weighted by Gasteiger charge is 2.17. The minimum Gasteiger partial charge on any atom is -0.465 e. The molecule has 6 heteroatoms. The number of nitriles is 1. The van der Waals surface area contributed by atoms with Gasteiger partial charge in [0.1, 0.15) is 23.2 Å². The molecular formula is C24H20N2O4. The van der Waals surface area contributed by atoms with Gasteiger partial charge in [-0.3, -0.25) is 4.79 Å². The summed E-state index contributed by atoms with van der Waals surface area (Å²) in [7, 11) is 1.31. The Morgan fingerprint density at radius 2 is 1.77 bits per heavy atom. The number of carbonyl (C=O) groups is 2. The van der Waals surface area contributed by atoms with Crippen LogP contribution in [0.2, 0.25) is 0 Å². The molecule has 1 amide bonds. The molecule has 0 spiro atoms. The van der Waals surface area contributed by atoms with E-state index in [1.54, 1.807) is 36.4 Å². The zero-order chi connectivity index (χ0) is 21.5. The smallest absolute Gasteiger partial charge is 0.338 e. The fourth-order valence-corrected chi connectivity index (χ4v) is 2.95. The first-order chi connectivity index (χ1) is 14.5. The van der Waals surface area contributed by atoms with E-state index in [9.17, 15) is 14.9 Å². The maximum atomic E-state index is 12.5. The summed E-state index contributed by atoms with van der Waals surface area (Å²) >= 11 is 0. The van der Waals surface area contributed by atoms with E-state index in [0.717, 1.165) is 5.56 Å². The second-order valence-corrected chi connectivity index (χ2v) is 6.51. The molecule has 6 nitrogen and oxygen atoms in total. The van der Waals surface area contributed by atoms with E-state index in [1.807, 2.05) is 43.3 Å². The Kier molecular flexibility index (Phi) is 6.46. The van der Waals surface area contributed by atoms with E-state index in [1.165, 1.54) is 13.2 Å². The highest BCUT2D eigenvalue weighted by Crippen LogP contribution is 2.27. The van der Waals surface area contributed by atoms with Crippen LogP contribution in [-0.2, 0) is 9.53 Å². The zero-order valence-electron chi connectivity index (χ0n) is 16.6. The number of carbonyl (C=O) groups excluding carboxylic acids is 2. The van der Waals surface area contributed by atoms with Gasteiger partial charge in [0.2, 0.25) is 0 Å². The van der Waals surface area contributed by atoms with Crippen LogP contribution in [0.1, 0.15) is 34.6 Å². The largest absolute Gasteiger partial charge is 0.465 e. The minimum absolute atomic E-state index is 0.0834. The highest BCUT2D eigenvalue weighted by molar-refractivity contribution is 6.01. The summed E-state index contributed by atoms with van der Waals surface area (Å²) < 4.78 is 10.6. The van der Waals surface area contributed by atoms with Crippen molar-refractivity contribution < 1.29 is 18.7 Å². The van der Waals surface area contributed by atoms with E-state index in [0.29, 0.717) is 22.6 Å². The van der Waals surface area contributed by atoms with E-state index in [2.05, 4.69) is 5.32 Å². The van der Waals surface area contributed by atoms with Gasteiger partial charge in [-0.25, -0.2) is 4.79 Å². The molecule has 0 fully saturated rings. The number of esters is 1. The van der Waals surface area contributed by atoms with Crippen molar-refractivity contribution >= 4 is 18.0 Å². The summed E-state index contributed by atoms with van der Waals surface area (Å²) in [6, 6.07) is 21.3. The number of benzene rings is 2. The number of hydrogen-bond acceptors (Lipinski definition) is 5. The Hall–Kier alpha value is -4.11. The number of hydrogen-bond donors (Lipinski definition) is 1. The Bertz CT molecular complexity index is 1120. The van der Waals surface area contributed by atoms with Gasteiger partial charge in [-0.15, -0.1) is 0 Å². The molecule has 0 bridgehead atoms. The lowest BCUT2D eigenvalue weighted by Crippen LogP contribution is -2.27. The number of ether oxygens (including phenoxy) is 1. The van der Waals surface area contributed by atoms with Gasteiger partial charge in [0, 0.05) is 11.6 Å². The third kappa shape index (κ3) is 4.65. The van der Waals surface area contributed by atoms with Crippen molar-refractivity contribution in [2.75, 3.05) is 7.11 Å². The molecule has 3 aromatic rings. The molecule has 1 heterocycles. The van der Waals surface area contributed by atoms with Crippen molar-refractivity contribution in [3.8, 4) is 17.4 Å². The summed E-state index contributed by atoms with van der Waals surface area (Å²) in [6.45, 7) is 1.84. The van der Waals surface area contributed by atoms with E-state index in [4.69, 9.17) is 9.15 Å². The van der Waals surface area contributed by atoms with Gasteiger partial charge in [0.05, 0.1) is 18.7 Å². The number of amides is 1. The van der Waals surface area contributed by atoms with Crippen LogP contribution in [0.3, 0.4) is 0 Å². The van der Waals surface area contributed by atoms with Crippen LogP contribution < -0.4 is 5.32 Å². The van der Waals surface area contributed by atoms with Crippen LogP contribution in [0.5, 0.6) is 0 Å². The van der Waals surface area contributed by atoms with Crippen LogP contribution in [0, 0.1) is 11.3 Å². The number of furan rings is 1.